The maximum Gasteiger partial charge on any atom is 0.416 e. The number of allylic oxidation sites excluding steroid dienone is 3. The first kappa shape index (κ1) is 24.3. The Kier molecular flexibility index (Phi) is 7.35. The number of nitrogens with one attached hydrogen (secondary N) is 3. The number of hydrogen-bond acceptors (Lipinski definition) is 7. The molecule has 0 aliphatic carbocycles. The first-order valence-electron chi connectivity index (χ1n) is 10.9. The van der Waals surface area contributed by atoms with Crippen LogP contribution in [0, 0.1) is 0 Å². The molecule has 1 aromatic carbocycles. The third-order valence-electron chi connectivity index (χ3n) is 5.27. The van der Waals surface area contributed by atoms with Crippen molar-refractivity contribution in [2.45, 2.75) is 12.2 Å². The molecule has 0 radical (unpaired) electrons. The molecule has 7 nitrogen and oxygen atoms in total. The maximum atomic E-state index is 14.6. The molecule has 0 aromatic heterocycles. The monoisotopic (exact) mass is 488 g/mol. The number of rotatable bonds is 5. The van der Waals surface area contributed by atoms with Gasteiger partial charge in [-0.15, -0.1) is 0 Å². The van der Waals surface area contributed by atoms with E-state index in [0.29, 0.717) is 49.1 Å². The minimum absolute atomic E-state index is 0.187. The summed E-state index contributed by atoms with van der Waals surface area (Å²) < 4.78 is 58.8. The predicted molar refractivity (Wildman–Crippen MR) is 127 cm³/mol. The van der Waals surface area contributed by atoms with Gasteiger partial charge < -0.3 is 20.3 Å². The predicted octanol–water partition coefficient (Wildman–Crippen LogP) is 4.06. The van der Waals surface area contributed by atoms with Gasteiger partial charge in [0, 0.05) is 30.0 Å². The first-order chi connectivity index (χ1) is 16.8. The molecule has 1 aromatic rings. The number of ether oxygens (including phenoxy) is 1. The van der Waals surface area contributed by atoms with E-state index in [4.69, 9.17) is 4.74 Å². The molecule has 0 amide bonds. The van der Waals surface area contributed by atoms with Gasteiger partial charge in [-0.3, -0.25) is 5.43 Å². The van der Waals surface area contributed by atoms with E-state index >= 15 is 0 Å². The number of benzene rings is 1. The number of hydrazone groups is 1. The van der Waals surface area contributed by atoms with Crippen molar-refractivity contribution in [3.63, 3.8) is 0 Å². The van der Waals surface area contributed by atoms with Gasteiger partial charge in [0.25, 0.3) is 0 Å². The van der Waals surface area contributed by atoms with Gasteiger partial charge in [-0.2, -0.15) is 18.3 Å². The highest BCUT2D eigenvalue weighted by molar-refractivity contribution is 6.01. The van der Waals surface area contributed by atoms with Crippen LogP contribution >= 0.6 is 0 Å². The standard InChI is InChI=1S/C24H24F4N6O/c1-16-5-6-21(25)23(34-9-11-35-12-10-34)32-22(16)33-30-15-20-14-19(7-8-29-20)31-18-4-2-3-17(13-18)24(26,27)28/h2-8,13-15,20,29,31H,1,9-12H2,(H,32,33)/b30-15-. The minimum atomic E-state index is -4.42. The molecule has 1 fully saturated rings. The summed E-state index contributed by atoms with van der Waals surface area (Å²) in [7, 11) is 0. The van der Waals surface area contributed by atoms with E-state index in [1.54, 1.807) is 35.5 Å². The number of anilines is 1. The van der Waals surface area contributed by atoms with E-state index in [2.05, 4.69) is 32.7 Å². The van der Waals surface area contributed by atoms with Crippen LogP contribution in [0.2, 0.25) is 0 Å². The van der Waals surface area contributed by atoms with E-state index in [1.165, 1.54) is 18.2 Å². The summed E-state index contributed by atoms with van der Waals surface area (Å²) in [5.74, 6) is 0.0116. The number of amidine groups is 1. The quantitative estimate of drug-likeness (QED) is 0.331. The SMILES string of the molecule is C=C1C=CC(F)=C(N2CCOCC2)N=C1N/N=C\C1C=C(Nc2cccc(C(F)(F)F)c2)C=CN1. The number of aliphatic imine (C=N–C) groups is 1. The fourth-order valence-electron chi connectivity index (χ4n) is 3.49. The number of dihydropyridines is 1. The average Bonchev–Trinajstić information content (AvgIpc) is 2.98. The Morgan fingerprint density at radius 2 is 2.00 bits per heavy atom. The molecule has 3 N–H and O–H groups in total. The number of halogens is 4. The lowest BCUT2D eigenvalue weighted by Crippen LogP contribution is -2.36. The van der Waals surface area contributed by atoms with Crippen LogP contribution in [0.4, 0.5) is 23.2 Å². The van der Waals surface area contributed by atoms with Crippen molar-refractivity contribution < 1.29 is 22.3 Å². The van der Waals surface area contributed by atoms with Crippen LogP contribution in [0.25, 0.3) is 0 Å². The molecule has 4 rings (SSSR count). The molecule has 184 valence electrons. The summed E-state index contributed by atoms with van der Waals surface area (Å²) in [5.41, 5.74) is 3.44. The normalized spacial score (nSPS) is 21.0. The van der Waals surface area contributed by atoms with E-state index < -0.39 is 17.6 Å². The Labute approximate surface area is 199 Å². The van der Waals surface area contributed by atoms with Crippen LogP contribution in [0.5, 0.6) is 0 Å². The van der Waals surface area contributed by atoms with E-state index in [-0.39, 0.29) is 11.9 Å². The van der Waals surface area contributed by atoms with Crippen molar-refractivity contribution in [1.29, 1.82) is 0 Å². The third kappa shape index (κ3) is 6.38. The van der Waals surface area contributed by atoms with E-state index in [0.717, 1.165) is 12.1 Å². The summed E-state index contributed by atoms with van der Waals surface area (Å²) in [6, 6.07) is 4.60. The highest BCUT2D eigenvalue weighted by Crippen LogP contribution is 2.31. The minimum Gasteiger partial charge on any atom is -0.380 e. The summed E-state index contributed by atoms with van der Waals surface area (Å²) in [6.07, 6.45) is 5.08. The van der Waals surface area contributed by atoms with Crippen LogP contribution < -0.4 is 16.1 Å². The molecular formula is C24H24F4N6O. The summed E-state index contributed by atoms with van der Waals surface area (Å²) in [6.45, 7) is 5.92. The highest BCUT2D eigenvalue weighted by Gasteiger charge is 2.30. The Morgan fingerprint density at radius 3 is 2.77 bits per heavy atom. The summed E-state index contributed by atoms with van der Waals surface area (Å²) in [5, 5.41) is 10.2. The van der Waals surface area contributed by atoms with Gasteiger partial charge in [0.05, 0.1) is 31.0 Å². The van der Waals surface area contributed by atoms with Crippen molar-refractivity contribution in [3.05, 3.63) is 89.8 Å². The maximum absolute atomic E-state index is 14.6. The van der Waals surface area contributed by atoms with E-state index in [9.17, 15) is 17.6 Å². The smallest absolute Gasteiger partial charge is 0.380 e. The first-order valence-corrected chi connectivity index (χ1v) is 10.9. The second-order valence-electron chi connectivity index (χ2n) is 7.83. The van der Waals surface area contributed by atoms with Crippen LogP contribution in [0.1, 0.15) is 5.56 Å². The lowest BCUT2D eigenvalue weighted by atomic mass is 10.1. The zero-order valence-corrected chi connectivity index (χ0v) is 18.6. The Bertz CT molecular complexity index is 1140. The van der Waals surface area contributed by atoms with Gasteiger partial charge in [0.1, 0.15) is 0 Å². The Morgan fingerprint density at radius 1 is 1.20 bits per heavy atom. The molecule has 11 heteroatoms. The number of morpholine rings is 1. The van der Waals surface area contributed by atoms with Crippen LogP contribution in [0.3, 0.4) is 0 Å². The molecule has 3 heterocycles. The molecule has 1 unspecified atom stereocenters. The van der Waals surface area contributed by atoms with Crippen molar-refractivity contribution in [2.24, 2.45) is 10.1 Å². The van der Waals surface area contributed by atoms with Crippen molar-refractivity contribution in [3.8, 4) is 0 Å². The van der Waals surface area contributed by atoms with Gasteiger partial charge in [-0.25, -0.2) is 9.38 Å². The van der Waals surface area contributed by atoms with Crippen molar-refractivity contribution in [1.82, 2.24) is 15.6 Å². The number of hydrogen-bond donors (Lipinski definition) is 3. The fourth-order valence-corrected chi connectivity index (χ4v) is 3.49. The van der Waals surface area contributed by atoms with Gasteiger partial charge in [-0.05, 0) is 48.7 Å². The number of alkyl halides is 3. The zero-order chi connectivity index (χ0) is 24.8. The van der Waals surface area contributed by atoms with Gasteiger partial charge in [0.2, 0.25) is 0 Å². The molecule has 1 atom stereocenters. The Balaban J connectivity index is 1.43. The molecule has 3 aliphatic rings. The van der Waals surface area contributed by atoms with Gasteiger partial charge in [-0.1, -0.05) is 12.6 Å². The Hall–Kier alpha value is -3.86. The lowest BCUT2D eigenvalue weighted by Gasteiger charge is -2.28. The molecule has 3 aliphatic heterocycles. The van der Waals surface area contributed by atoms with E-state index in [1.807, 2.05) is 0 Å². The fraction of sp³-hybridized carbons (Fsp3) is 0.250. The largest absolute Gasteiger partial charge is 0.416 e. The van der Waals surface area contributed by atoms with Gasteiger partial charge in [0.15, 0.2) is 17.5 Å². The van der Waals surface area contributed by atoms with Crippen molar-refractivity contribution >= 4 is 17.7 Å². The molecule has 0 saturated carbocycles. The summed E-state index contributed by atoms with van der Waals surface area (Å²) >= 11 is 0. The van der Waals surface area contributed by atoms with Crippen LogP contribution in [0.15, 0.2) is 94.4 Å². The topological polar surface area (TPSA) is 73.3 Å². The van der Waals surface area contributed by atoms with Crippen molar-refractivity contribution in [2.75, 3.05) is 31.6 Å². The van der Waals surface area contributed by atoms with Gasteiger partial charge >= 0.3 is 6.18 Å². The molecule has 0 bridgehead atoms. The molecule has 1 saturated heterocycles. The molecule has 0 spiro atoms. The van der Waals surface area contributed by atoms with Crippen LogP contribution in [-0.4, -0.2) is 49.3 Å². The zero-order valence-electron chi connectivity index (χ0n) is 18.6. The highest BCUT2D eigenvalue weighted by atomic mass is 19.4. The molecular weight excluding hydrogens is 464 g/mol. The number of nitrogens with zero attached hydrogens (tertiary/aromatic N) is 3. The summed E-state index contributed by atoms with van der Waals surface area (Å²) in [4.78, 5) is 6.19. The second kappa shape index (κ2) is 10.6. The van der Waals surface area contributed by atoms with Crippen LogP contribution in [-0.2, 0) is 10.9 Å². The lowest BCUT2D eigenvalue weighted by molar-refractivity contribution is -0.137. The average molecular weight is 488 g/mol. The second-order valence-corrected chi connectivity index (χ2v) is 7.83. The third-order valence-corrected chi connectivity index (χ3v) is 5.27. The molecule has 35 heavy (non-hydrogen) atoms.